The number of benzene rings is 2. The van der Waals surface area contributed by atoms with Crippen LogP contribution in [0.1, 0.15) is 24.8 Å². The van der Waals surface area contributed by atoms with Crippen molar-refractivity contribution in [2.45, 2.75) is 30.6 Å². The SMILES string of the molecule is O=C(CCc1ccccc1)N1CCN(Sc2ccc(N3CCCC3)cc2)CC1. The van der Waals surface area contributed by atoms with Crippen LogP contribution in [0.2, 0.25) is 0 Å². The van der Waals surface area contributed by atoms with Crippen LogP contribution in [0, 0.1) is 0 Å². The minimum atomic E-state index is 0.281. The molecule has 2 heterocycles. The first kappa shape index (κ1) is 19.3. The first-order chi connectivity index (χ1) is 13.8. The quantitative estimate of drug-likeness (QED) is 0.689. The molecule has 0 N–H and O–H groups in total. The number of piperazine rings is 1. The molecule has 0 aliphatic carbocycles. The molecule has 0 saturated carbocycles. The minimum absolute atomic E-state index is 0.281. The smallest absolute Gasteiger partial charge is 0.222 e. The Morgan fingerprint density at radius 1 is 0.821 bits per heavy atom. The average Bonchev–Trinajstić information content (AvgIpc) is 3.29. The van der Waals surface area contributed by atoms with Crippen molar-refractivity contribution in [2.75, 3.05) is 44.2 Å². The van der Waals surface area contributed by atoms with E-state index in [1.54, 1.807) is 0 Å². The van der Waals surface area contributed by atoms with Gasteiger partial charge in [-0.3, -0.25) is 4.79 Å². The molecule has 0 aromatic heterocycles. The maximum Gasteiger partial charge on any atom is 0.222 e. The fourth-order valence-electron chi connectivity index (χ4n) is 3.93. The number of carbonyl (C=O) groups excluding carboxylic acids is 1. The summed E-state index contributed by atoms with van der Waals surface area (Å²) in [4.78, 5) is 18.3. The van der Waals surface area contributed by atoms with E-state index in [0.717, 1.165) is 32.6 Å². The van der Waals surface area contributed by atoms with Crippen molar-refractivity contribution < 1.29 is 4.79 Å². The Balaban J connectivity index is 1.21. The minimum Gasteiger partial charge on any atom is -0.372 e. The van der Waals surface area contributed by atoms with Crippen LogP contribution in [0.5, 0.6) is 0 Å². The van der Waals surface area contributed by atoms with Gasteiger partial charge in [0.25, 0.3) is 0 Å². The van der Waals surface area contributed by atoms with E-state index in [1.165, 1.54) is 42.1 Å². The Morgan fingerprint density at radius 3 is 2.18 bits per heavy atom. The predicted octanol–water partition coefficient (Wildman–Crippen LogP) is 4.07. The zero-order valence-corrected chi connectivity index (χ0v) is 17.2. The molecule has 2 aliphatic rings. The van der Waals surface area contributed by atoms with Gasteiger partial charge in [-0.1, -0.05) is 30.3 Å². The maximum atomic E-state index is 12.5. The van der Waals surface area contributed by atoms with E-state index < -0.39 is 0 Å². The van der Waals surface area contributed by atoms with Crippen LogP contribution in [-0.4, -0.2) is 54.4 Å². The van der Waals surface area contributed by atoms with Crippen LogP contribution in [0.3, 0.4) is 0 Å². The number of rotatable bonds is 6. The third-order valence-corrected chi connectivity index (χ3v) is 6.71. The zero-order valence-electron chi connectivity index (χ0n) is 16.4. The molecule has 2 saturated heterocycles. The van der Waals surface area contributed by atoms with Crippen molar-refractivity contribution in [3.05, 3.63) is 60.2 Å². The summed E-state index contributed by atoms with van der Waals surface area (Å²) < 4.78 is 2.38. The highest BCUT2D eigenvalue weighted by atomic mass is 32.2. The molecule has 28 heavy (non-hydrogen) atoms. The second kappa shape index (κ2) is 9.48. The molecule has 4 nitrogen and oxygen atoms in total. The molecular weight excluding hydrogens is 366 g/mol. The number of aryl methyl sites for hydroxylation is 1. The molecule has 2 fully saturated rings. The molecule has 0 unspecified atom stereocenters. The Labute approximate surface area is 172 Å². The summed E-state index contributed by atoms with van der Waals surface area (Å²) in [6.45, 7) is 5.88. The van der Waals surface area contributed by atoms with E-state index in [-0.39, 0.29) is 5.91 Å². The van der Waals surface area contributed by atoms with Crippen LogP contribution in [0.25, 0.3) is 0 Å². The summed E-state index contributed by atoms with van der Waals surface area (Å²) in [5.41, 5.74) is 2.58. The lowest BCUT2D eigenvalue weighted by molar-refractivity contribution is -0.132. The fraction of sp³-hybridized carbons (Fsp3) is 0.435. The summed E-state index contributed by atoms with van der Waals surface area (Å²) in [5.74, 6) is 0.281. The topological polar surface area (TPSA) is 26.8 Å². The Kier molecular flexibility index (Phi) is 6.55. The summed E-state index contributed by atoms with van der Waals surface area (Å²) in [5, 5.41) is 0. The van der Waals surface area contributed by atoms with Crippen LogP contribution >= 0.6 is 11.9 Å². The molecule has 0 spiro atoms. The summed E-state index contributed by atoms with van der Waals surface area (Å²) in [7, 11) is 0. The lowest BCUT2D eigenvalue weighted by atomic mass is 10.1. The maximum absolute atomic E-state index is 12.5. The van der Waals surface area contributed by atoms with E-state index in [2.05, 4.69) is 45.6 Å². The molecule has 0 bridgehead atoms. The van der Waals surface area contributed by atoms with E-state index in [1.807, 2.05) is 35.0 Å². The highest BCUT2D eigenvalue weighted by Gasteiger charge is 2.21. The number of anilines is 1. The Morgan fingerprint density at radius 2 is 1.50 bits per heavy atom. The van der Waals surface area contributed by atoms with Crippen LogP contribution in [0.15, 0.2) is 59.5 Å². The van der Waals surface area contributed by atoms with E-state index in [9.17, 15) is 4.79 Å². The number of carbonyl (C=O) groups is 1. The summed E-state index contributed by atoms with van der Waals surface area (Å²) in [6.07, 6.45) is 4.06. The highest BCUT2D eigenvalue weighted by molar-refractivity contribution is 7.97. The largest absolute Gasteiger partial charge is 0.372 e. The zero-order chi connectivity index (χ0) is 19.2. The molecular formula is C23H29N3OS. The third-order valence-electron chi connectivity index (χ3n) is 5.60. The summed E-state index contributed by atoms with van der Waals surface area (Å²) >= 11 is 1.82. The van der Waals surface area contributed by atoms with Gasteiger partial charge in [-0.15, -0.1) is 0 Å². The standard InChI is InChI=1S/C23H29N3OS/c27-23(13-8-20-6-2-1-3-7-20)25-16-18-26(19-17-25)28-22-11-9-21(10-12-22)24-14-4-5-15-24/h1-3,6-7,9-12H,4-5,8,13-19H2. The molecule has 148 valence electrons. The van der Waals surface area contributed by atoms with Crippen molar-refractivity contribution in [3.63, 3.8) is 0 Å². The van der Waals surface area contributed by atoms with Crippen LogP contribution in [-0.2, 0) is 11.2 Å². The molecule has 5 heteroatoms. The third kappa shape index (κ3) is 5.09. The van der Waals surface area contributed by atoms with Gasteiger partial charge in [0.2, 0.25) is 5.91 Å². The molecule has 2 aromatic rings. The first-order valence-corrected chi connectivity index (χ1v) is 11.1. The lowest BCUT2D eigenvalue weighted by Crippen LogP contribution is -2.46. The van der Waals surface area contributed by atoms with Crippen molar-refractivity contribution in [1.29, 1.82) is 0 Å². The molecule has 2 aliphatic heterocycles. The summed E-state index contributed by atoms with van der Waals surface area (Å²) in [6, 6.07) is 19.2. The number of nitrogens with zero attached hydrogens (tertiary/aromatic N) is 3. The highest BCUT2D eigenvalue weighted by Crippen LogP contribution is 2.27. The number of hydrogen-bond donors (Lipinski definition) is 0. The Hall–Kier alpha value is -1.98. The van der Waals surface area contributed by atoms with E-state index >= 15 is 0 Å². The normalized spacial score (nSPS) is 17.9. The van der Waals surface area contributed by atoms with Crippen LogP contribution < -0.4 is 4.90 Å². The van der Waals surface area contributed by atoms with E-state index in [4.69, 9.17) is 0 Å². The van der Waals surface area contributed by atoms with Gasteiger partial charge in [0.05, 0.1) is 0 Å². The van der Waals surface area contributed by atoms with Gasteiger partial charge in [-0.25, -0.2) is 4.31 Å². The molecule has 0 radical (unpaired) electrons. The lowest BCUT2D eigenvalue weighted by Gasteiger charge is -2.34. The van der Waals surface area contributed by atoms with Gasteiger partial charge in [0.1, 0.15) is 0 Å². The Bertz CT molecular complexity index is 751. The monoisotopic (exact) mass is 395 g/mol. The van der Waals surface area contributed by atoms with Gasteiger partial charge >= 0.3 is 0 Å². The van der Waals surface area contributed by atoms with Crippen molar-refractivity contribution >= 4 is 23.5 Å². The molecule has 4 rings (SSSR count). The van der Waals surface area contributed by atoms with Gasteiger partial charge in [-0.05, 0) is 61.0 Å². The molecule has 1 amide bonds. The average molecular weight is 396 g/mol. The first-order valence-electron chi connectivity index (χ1n) is 10.4. The second-order valence-electron chi connectivity index (χ2n) is 7.57. The van der Waals surface area contributed by atoms with Crippen LogP contribution in [0.4, 0.5) is 5.69 Å². The number of amides is 1. The predicted molar refractivity (Wildman–Crippen MR) is 117 cm³/mol. The van der Waals surface area contributed by atoms with Crippen molar-refractivity contribution in [3.8, 4) is 0 Å². The molecule has 0 atom stereocenters. The van der Waals surface area contributed by atoms with Crippen molar-refractivity contribution in [2.24, 2.45) is 0 Å². The van der Waals surface area contributed by atoms with Gasteiger partial charge < -0.3 is 9.80 Å². The van der Waals surface area contributed by atoms with E-state index in [0.29, 0.717) is 6.42 Å². The van der Waals surface area contributed by atoms with Gasteiger partial charge in [0, 0.05) is 56.3 Å². The molecule has 2 aromatic carbocycles. The fourth-order valence-corrected chi connectivity index (χ4v) is 4.83. The number of hydrogen-bond acceptors (Lipinski definition) is 4. The van der Waals surface area contributed by atoms with Gasteiger partial charge in [-0.2, -0.15) is 0 Å². The van der Waals surface area contributed by atoms with Crippen molar-refractivity contribution in [1.82, 2.24) is 9.21 Å². The second-order valence-corrected chi connectivity index (χ2v) is 8.75. The van der Waals surface area contributed by atoms with Gasteiger partial charge in [0.15, 0.2) is 0 Å².